The number of fused-ring (bicyclic) bond motifs is 2. The summed E-state index contributed by atoms with van der Waals surface area (Å²) < 4.78 is 12.0. The summed E-state index contributed by atoms with van der Waals surface area (Å²) in [5.41, 5.74) is 3.00. The number of rotatable bonds is 3. The summed E-state index contributed by atoms with van der Waals surface area (Å²) in [5, 5.41) is 0. The molecule has 162 valence electrons. The lowest BCUT2D eigenvalue weighted by Crippen LogP contribution is -2.47. The molecule has 1 spiro atoms. The summed E-state index contributed by atoms with van der Waals surface area (Å²) in [7, 11) is 0. The largest absolute Gasteiger partial charge is 0.339 e. The number of ether oxygens (including phenoxy) is 2. The molecule has 0 bridgehead atoms. The van der Waals surface area contributed by atoms with Crippen LogP contribution in [0.3, 0.4) is 0 Å². The summed E-state index contributed by atoms with van der Waals surface area (Å²) in [5.74, 6) is -1.67. The molecule has 5 rings (SSSR count). The summed E-state index contributed by atoms with van der Waals surface area (Å²) in [4.78, 5) is 30.5. The molecule has 1 unspecified atom stereocenters. The first-order valence-corrected chi connectivity index (χ1v) is 11.2. The van der Waals surface area contributed by atoms with Crippen LogP contribution < -0.4 is 4.90 Å². The van der Waals surface area contributed by atoms with Crippen LogP contribution in [0, 0.1) is 0 Å². The number of hydrogen-bond acceptors (Lipinski definition) is 4. The van der Waals surface area contributed by atoms with Gasteiger partial charge in [-0.25, -0.2) is 0 Å². The number of likely N-dealkylation sites (tertiary alicyclic amines) is 1. The molecule has 0 N–H and O–H groups in total. The molecule has 2 fully saturated rings. The Labute approximate surface area is 182 Å². The highest BCUT2D eigenvalue weighted by atomic mass is 16.7. The Kier molecular flexibility index (Phi) is 5.28. The third-order valence-corrected chi connectivity index (χ3v) is 6.57. The average Bonchev–Trinajstić information content (AvgIpc) is 3.07. The number of nitrogens with zero attached hydrogens (tertiary/aromatic N) is 2. The van der Waals surface area contributed by atoms with Crippen molar-refractivity contribution in [1.82, 2.24) is 4.90 Å². The van der Waals surface area contributed by atoms with Gasteiger partial charge in [0.2, 0.25) is 0 Å². The maximum Gasteiger partial charge on any atom is 0.293 e. The first kappa shape index (κ1) is 20.2. The van der Waals surface area contributed by atoms with Crippen molar-refractivity contribution >= 4 is 17.5 Å². The minimum absolute atomic E-state index is 0.00969. The van der Waals surface area contributed by atoms with Gasteiger partial charge in [0.1, 0.15) is 0 Å². The second-order valence-electron chi connectivity index (χ2n) is 8.51. The summed E-state index contributed by atoms with van der Waals surface area (Å²) >= 11 is 0. The van der Waals surface area contributed by atoms with Crippen LogP contribution in [0.4, 0.5) is 5.69 Å². The van der Waals surface area contributed by atoms with Crippen LogP contribution in [0.15, 0.2) is 48.5 Å². The van der Waals surface area contributed by atoms with E-state index in [-0.39, 0.29) is 17.9 Å². The Hall–Kier alpha value is -2.70. The van der Waals surface area contributed by atoms with Crippen molar-refractivity contribution in [3.8, 4) is 0 Å². The van der Waals surface area contributed by atoms with Crippen molar-refractivity contribution in [1.29, 1.82) is 0 Å². The fraction of sp³-hybridized carbons (Fsp3) is 0.440. The Morgan fingerprint density at radius 3 is 2.39 bits per heavy atom. The van der Waals surface area contributed by atoms with Crippen LogP contribution in [-0.2, 0) is 20.1 Å². The van der Waals surface area contributed by atoms with Crippen molar-refractivity contribution in [2.45, 2.75) is 44.4 Å². The van der Waals surface area contributed by atoms with Crippen molar-refractivity contribution in [2.75, 3.05) is 31.2 Å². The van der Waals surface area contributed by atoms with Gasteiger partial charge in [-0.2, -0.15) is 0 Å². The van der Waals surface area contributed by atoms with E-state index in [2.05, 4.69) is 0 Å². The summed E-state index contributed by atoms with van der Waals surface area (Å²) in [6.45, 7) is 4.46. The Morgan fingerprint density at radius 1 is 0.968 bits per heavy atom. The van der Waals surface area contributed by atoms with Gasteiger partial charge in [-0.1, -0.05) is 30.3 Å². The van der Waals surface area contributed by atoms with E-state index in [1.807, 2.05) is 60.4 Å². The minimum atomic E-state index is -1.46. The lowest BCUT2D eigenvalue weighted by molar-refractivity contribution is -0.257. The van der Waals surface area contributed by atoms with Gasteiger partial charge < -0.3 is 14.4 Å². The highest BCUT2D eigenvalue weighted by Gasteiger charge is 2.56. The summed E-state index contributed by atoms with van der Waals surface area (Å²) in [6, 6.07) is 15.3. The van der Waals surface area contributed by atoms with Gasteiger partial charge in [-0.05, 0) is 56.4 Å². The van der Waals surface area contributed by atoms with E-state index < -0.39 is 5.79 Å². The quantitative estimate of drug-likeness (QED) is 0.753. The maximum absolute atomic E-state index is 13.7. The minimum Gasteiger partial charge on any atom is -0.339 e. The van der Waals surface area contributed by atoms with Crippen LogP contribution in [0.5, 0.6) is 0 Å². The second kappa shape index (κ2) is 8.09. The molecule has 2 saturated heterocycles. The molecule has 0 saturated carbocycles. The van der Waals surface area contributed by atoms with Crippen molar-refractivity contribution < 1.29 is 19.1 Å². The second-order valence-corrected chi connectivity index (χ2v) is 8.51. The number of anilines is 1. The third kappa shape index (κ3) is 3.34. The van der Waals surface area contributed by atoms with E-state index in [0.717, 1.165) is 43.6 Å². The fourth-order valence-electron chi connectivity index (χ4n) is 4.88. The van der Waals surface area contributed by atoms with Gasteiger partial charge in [0.25, 0.3) is 17.6 Å². The molecule has 0 aliphatic carbocycles. The number of benzene rings is 2. The molecule has 3 aliphatic rings. The van der Waals surface area contributed by atoms with Gasteiger partial charge >= 0.3 is 0 Å². The van der Waals surface area contributed by atoms with Gasteiger partial charge in [-0.3, -0.25) is 14.5 Å². The zero-order valence-electron chi connectivity index (χ0n) is 17.9. The SMILES string of the molecule is CC(c1ccccc1)N1C(=O)C2(OCCCO2)c2cc(C(=O)N3CCCCC3)ccc21. The van der Waals surface area contributed by atoms with E-state index in [0.29, 0.717) is 24.3 Å². The molecule has 6 nitrogen and oxygen atoms in total. The summed E-state index contributed by atoms with van der Waals surface area (Å²) in [6.07, 6.45) is 3.98. The predicted octanol–water partition coefficient (Wildman–Crippen LogP) is 4.01. The Balaban J connectivity index is 1.56. The molecule has 1 atom stereocenters. The smallest absolute Gasteiger partial charge is 0.293 e. The molecule has 3 heterocycles. The van der Waals surface area contributed by atoms with Gasteiger partial charge in [-0.15, -0.1) is 0 Å². The molecule has 6 heteroatoms. The number of piperidine rings is 1. The van der Waals surface area contributed by atoms with Crippen LogP contribution in [0.25, 0.3) is 0 Å². The molecule has 2 aromatic rings. The number of carbonyl (C=O) groups excluding carboxylic acids is 2. The van der Waals surface area contributed by atoms with Crippen LogP contribution in [0.2, 0.25) is 0 Å². The topological polar surface area (TPSA) is 59.1 Å². The first-order valence-electron chi connectivity index (χ1n) is 11.2. The molecule has 0 aromatic heterocycles. The number of carbonyl (C=O) groups is 2. The standard InChI is InChI=1S/C25H28N2O4/c1-18(19-9-4-2-5-10-19)27-22-12-11-20(23(28)26-13-6-3-7-14-26)17-21(22)25(24(27)29)30-15-8-16-31-25/h2,4-5,9-12,17-18H,3,6-8,13-16H2,1H3. The van der Waals surface area contributed by atoms with Gasteiger partial charge in [0.05, 0.1) is 24.9 Å². The molecular weight excluding hydrogens is 392 g/mol. The molecule has 31 heavy (non-hydrogen) atoms. The van der Waals surface area contributed by atoms with E-state index in [1.54, 1.807) is 4.90 Å². The average molecular weight is 421 g/mol. The van der Waals surface area contributed by atoms with Crippen LogP contribution >= 0.6 is 0 Å². The normalized spacial score (nSPS) is 21.3. The maximum atomic E-state index is 13.7. The lowest BCUT2D eigenvalue weighted by Gasteiger charge is -2.33. The zero-order valence-corrected chi connectivity index (χ0v) is 17.9. The predicted molar refractivity (Wildman–Crippen MR) is 117 cm³/mol. The first-order chi connectivity index (χ1) is 15.1. The van der Waals surface area contributed by atoms with Crippen molar-refractivity contribution in [3.05, 3.63) is 65.2 Å². The van der Waals surface area contributed by atoms with Gasteiger partial charge in [0, 0.05) is 24.2 Å². The molecule has 2 aromatic carbocycles. The van der Waals surface area contributed by atoms with E-state index in [4.69, 9.17) is 9.47 Å². The fourth-order valence-corrected chi connectivity index (χ4v) is 4.88. The van der Waals surface area contributed by atoms with Crippen molar-refractivity contribution in [3.63, 3.8) is 0 Å². The van der Waals surface area contributed by atoms with E-state index in [1.165, 1.54) is 6.42 Å². The van der Waals surface area contributed by atoms with Crippen LogP contribution in [0.1, 0.15) is 60.1 Å². The zero-order chi connectivity index (χ0) is 21.4. The lowest BCUT2D eigenvalue weighted by atomic mass is 10.0. The molecule has 0 radical (unpaired) electrons. The Morgan fingerprint density at radius 2 is 1.68 bits per heavy atom. The van der Waals surface area contributed by atoms with E-state index >= 15 is 0 Å². The Bertz CT molecular complexity index is 978. The van der Waals surface area contributed by atoms with Gasteiger partial charge in [0.15, 0.2) is 0 Å². The molecular formula is C25H28N2O4. The van der Waals surface area contributed by atoms with E-state index in [9.17, 15) is 9.59 Å². The number of amides is 2. The third-order valence-electron chi connectivity index (χ3n) is 6.57. The highest BCUT2D eigenvalue weighted by Crippen LogP contribution is 2.48. The highest BCUT2D eigenvalue weighted by molar-refractivity contribution is 6.08. The van der Waals surface area contributed by atoms with Crippen LogP contribution in [-0.4, -0.2) is 43.0 Å². The molecule has 2 amide bonds. The molecule has 3 aliphatic heterocycles. The van der Waals surface area contributed by atoms with Crippen molar-refractivity contribution in [2.24, 2.45) is 0 Å². The monoisotopic (exact) mass is 420 g/mol. The number of hydrogen-bond donors (Lipinski definition) is 0.